The predicted octanol–water partition coefficient (Wildman–Crippen LogP) is 3.96. The molecule has 2 N–H and O–H groups in total. The molecule has 0 bridgehead atoms. The highest BCUT2D eigenvalue weighted by Gasteiger charge is 2.04. The molecule has 0 aliphatic rings. The molecular weight excluding hydrogens is 242 g/mol. The zero-order valence-electron chi connectivity index (χ0n) is 10.4. The van der Waals surface area contributed by atoms with Gasteiger partial charge in [-0.25, -0.2) is 0 Å². The quantitative estimate of drug-likeness (QED) is 0.652. The largest absolute Gasteiger partial charge is 0.494 e. The SMILES string of the molecule is CCOc1ccccc1CSc1ccccc1N. The molecule has 0 spiro atoms. The molecule has 0 aliphatic heterocycles. The van der Waals surface area contributed by atoms with Crippen molar-refractivity contribution in [2.24, 2.45) is 0 Å². The van der Waals surface area contributed by atoms with Crippen molar-refractivity contribution in [2.75, 3.05) is 12.3 Å². The van der Waals surface area contributed by atoms with Crippen molar-refractivity contribution in [1.29, 1.82) is 0 Å². The first kappa shape index (κ1) is 12.8. The zero-order chi connectivity index (χ0) is 12.8. The molecule has 2 rings (SSSR count). The molecule has 94 valence electrons. The van der Waals surface area contributed by atoms with E-state index in [0.717, 1.165) is 22.1 Å². The van der Waals surface area contributed by atoms with Gasteiger partial charge >= 0.3 is 0 Å². The molecule has 3 heteroatoms. The van der Waals surface area contributed by atoms with Gasteiger partial charge < -0.3 is 10.5 Å². The van der Waals surface area contributed by atoms with E-state index in [2.05, 4.69) is 6.07 Å². The first-order valence-electron chi connectivity index (χ1n) is 5.99. The standard InChI is InChI=1S/C15H17NOS/c1-2-17-14-9-5-3-7-12(14)11-18-15-10-6-4-8-13(15)16/h3-10H,2,11,16H2,1H3. The average molecular weight is 259 g/mol. The number of ether oxygens (including phenoxy) is 1. The highest BCUT2D eigenvalue weighted by atomic mass is 32.2. The van der Waals surface area contributed by atoms with E-state index in [-0.39, 0.29) is 0 Å². The second-order valence-electron chi connectivity index (χ2n) is 3.87. The number of nitrogen functional groups attached to an aromatic ring is 1. The molecule has 0 amide bonds. The molecular formula is C15H17NOS. The number of hydrogen-bond donors (Lipinski definition) is 1. The van der Waals surface area contributed by atoms with E-state index in [1.807, 2.05) is 49.4 Å². The first-order chi connectivity index (χ1) is 8.81. The number of thioether (sulfide) groups is 1. The van der Waals surface area contributed by atoms with Crippen molar-refractivity contribution in [3.05, 3.63) is 54.1 Å². The number of hydrogen-bond acceptors (Lipinski definition) is 3. The summed E-state index contributed by atoms with van der Waals surface area (Å²) in [5.41, 5.74) is 7.96. The minimum Gasteiger partial charge on any atom is -0.494 e. The Hall–Kier alpha value is -1.61. The lowest BCUT2D eigenvalue weighted by Gasteiger charge is -2.10. The summed E-state index contributed by atoms with van der Waals surface area (Å²) in [4.78, 5) is 1.11. The van der Waals surface area contributed by atoms with E-state index in [9.17, 15) is 0 Å². The Morgan fingerprint density at radius 1 is 1.06 bits per heavy atom. The number of nitrogens with two attached hydrogens (primary N) is 1. The smallest absolute Gasteiger partial charge is 0.123 e. The second kappa shape index (κ2) is 6.36. The maximum Gasteiger partial charge on any atom is 0.123 e. The third-order valence-corrected chi connectivity index (χ3v) is 3.71. The van der Waals surface area contributed by atoms with Gasteiger partial charge in [0.05, 0.1) is 6.61 Å². The first-order valence-corrected chi connectivity index (χ1v) is 6.98. The molecule has 0 aliphatic carbocycles. The number of rotatable bonds is 5. The number of anilines is 1. The lowest BCUT2D eigenvalue weighted by molar-refractivity contribution is 0.337. The van der Waals surface area contributed by atoms with Crippen LogP contribution in [0.5, 0.6) is 5.75 Å². The summed E-state index contributed by atoms with van der Waals surface area (Å²) in [7, 11) is 0. The summed E-state index contributed by atoms with van der Waals surface area (Å²) in [6.07, 6.45) is 0. The van der Waals surface area contributed by atoms with Crippen molar-refractivity contribution in [3.8, 4) is 5.75 Å². The molecule has 0 atom stereocenters. The Balaban J connectivity index is 2.08. The summed E-state index contributed by atoms with van der Waals surface area (Å²) in [6, 6.07) is 16.1. The van der Waals surface area contributed by atoms with Gasteiger partial charge in [-0.2, -0.15) is 0 Å². The molecule has 0 unspecified atom stereocenters. The summed E-state index contributed by atoms with van der Waals surface area (Å²) >= 11 is 1.74. The highest BCUT2D eigenvalue weighted by molar-refractivity contribution is 7.98. The lowest BCUT2D eigenvalue weighted by atomic mass is 10.2. The minimum atomic E-state index is 0.690. The van der Waals surface area contributed by atoms with Gasteiger partial charge in [0.1, 0.15) is 5.75 Å². The second-order valence-corrected chi connectivity index (χ2v) is 4.88. The molecule has 0 radical (unpaired) electrons. The average Bonchev–Trinajstić information content (AvgIpc) is 2.40. The van der Waals surface area contributed by atoms with Gasteiger partial charge in [0, 0.05) is 21.9 Å². The summed E-state index contributed by atoms with van der Waals surface area (Å²) in [5.74, 6) is 1.83. The summed E-state index contributed by atoms with van der Waals surface area (Å²) in [6.45, 7) is 2.69. The normalized spacial score (nSPS) is 10.3. The Bertz CT molecular complexity index is 513. The van der Waals surface area contributed by atoms with E-state index in [1.165, 1.54) is 5.56 Å². The van der Waals surface area contributed by atoms with Gasteiger partial charge in [-0.15, -0.1) is 11.8 Å². The van der Waals surface area contributed by atoms with Gasteiger partial charge in [0.15, 0.2) is 0 Å². The van der Waals surface area contributed by atoms with E-state index in [0.29, 0.717) is 6.61 Å². The van der Waals surface area contributed by atoms with Crippen molar-refractivity contribution in [2.45, 2.75) is 17.6 Å². The Kier molecular flexibility index (Phi) is 4.53. The van der Waals surface area contributed by atoms with Crippen LogP contribution in [0.25, 0.3) is 0 Å². The van der Waals surface area contributed by atoms with Gasteiger partial charge in [-0.05, 0) is 25.1 Å². The number of benzene rings is 2. The van der Waals surface area contributed by atoms with Crippen LogP contribution >= 0.6 is 11.8 Å². The predicted molar refractivity (Wildman–Crippen MR) is 78.0 cm³/mol. The fourth-order valence-corrected chi connectivity index (χ4v) is 2.65. The van der Waals surface area contributed by atoms with Crippen LogP contribution < -0.4 is 10.5 Å². The van der Waals surface area contributed by atoms with E-state index < -0.39 is 0 Å². The Morgan fingerprint density at radius 2 is 1.78 bits per heavy atom. The fraction of sp³-hybridized carbons (Fsp3) is 0.200. The van der Waals surface area contributed by atoms with Crippen molar-refractivity contribution >= 4 is 17.4 Å². The van der Waals surface area contributed by atoms with Crippen LogP contribution in [0.2, 0.25) is 0 Å². The topological polar surface area (TPSA) is 35.2 Å². The molecule has 2 aromatic rings. The Morgan fingerprint density at radius 3 is 2.56 bits per heavy atom. The summed E-state index contributed by atoms with van der Waals surface area (Å²) < 4.78 is 5.61. The maximum absolute atomic E-state index is 5.93. The van der Waals surface area contributed by atoms with E-state index in [4.69, 9.17) is 10.5 Å². The Labute approximate surface area is 112 Å². The van der Waals surface area contributed by atoms with Crippen LogP contribution in [-0.4, -0.2) is 6.61 Å². The van der Waals surface area contributed by atoms with E-state index >= 15 is 0 Å². The van der Waals surface area contributed by atoms with Gasteiger partial charge in [0.25, 0.3) is 0 Å². The van der Waals surface area contributed by atoms with Crippen molar-refractivity contribution < 1.29 is 4.74 Å². The van der Waals surface area contributed by atoms with Crippen LogP contribution in [0.1, 0.15) is 12.5 Å². The van der Waals surface area contributed by atoms with Crippen LogP contribution in [0.3, 0.4) is 0 Å². The number of para-hydroxylation sites is 2. The van der Waals surface area contributed by atoms with Crippen molar-refractivity contribution in [1.82, 2.24) is 0 Å². The molecule has 2 aromatic carbocycles. The molecule has 0 saturated carbocycles. The van der Waals surface area contributed by atoms with Crippen LogP contribution in [0.15, 0.2) is 53.4 Å². The lowest BCUT2D eigenvalue weighted by Crippen LogP contribution is -1.95. The molecule has 0 saturated heterocycles. The molecule has 0 heterocycles. The maximum atomic E-state index is 5.93. The third-order valence-electron chi connectivity index (χ3n) is 2.57. The minimum absolute atomic E-state index is 0.690. The van der Waals surface area contributed by atoms with Crippen molar-refractivity contribution in [3.63, 3.8) is 0 Å². The zero-order valence-corrected chi connectivity index (χ0v) is 11.2. The van der Waals surface area contributed by atoms with Crippen LogP contribution in [0.4, 0.5) is 5.69 Å². The van der Waals surface area contributed by atoms with Gasteiger partial charge in [-0.3, -0.25) is 0 Å². The molecule has 0 fully saturated rings. The highest BCUT2D eigenvalue weighted by Crippen LogP contribution is 2.30. The fourth-order valence-electron chi connectivity index (χ4n) is 1.69. The monoisotopic (exact) mass is 259 g/mol. The van der Waals surface area contributed by atoms with Crippen LogP contribution in [0, 0.1) is 0 Å². The van der Waals surface area contributed by atoms with Gasteiger partial charge in [-0.1, -0.05) is 30.3 Å². The van der Waals surface area contributed by atoms with E-state index in [1.54, 1.807) is 11.8 Å². The third kappa shape index (κ3) is 3.20. The summed E-state index contributed by atoms with van der Waals surface area (Å²) in [5, 5.41) is 0. The molecule has 0 aromatic heterocycles. The molecule has 18 heavy (non-hydrogen) atoms. The van der Waals surface area contributed by atoms with Gasteiger partial charge in [0.2, 0.25) is 0 Å². The molecule has 2 nitrogen and oxygen atoms in total. The van der Waals surface area contributed by atoms with Crippen LogP contribution in [-0.2, 0) is 5.75 Å².